The Hall–Kier alpha value is -1.86. The summed E-state index contributed by atoms with van der Waals surface area (Å²) in [7, 11) is 0. The van der Waals surface area contributed by atoms with Gasteiger partial charge in [0, 0.05) is 5.56 Å². The quantitative estimate of drug-likeness (QED) is 0.653. The number of rotatable bonds is 4. The molecule has 0 aliphatic heterocycles. The van der Waals surface area contributed by atoms with E-state index in [4.69, 9.17) is 0 Å². The van der Waals surface area contributed by atoms with Crippen molar-refractivity contribution < 1.29 is 35.1 Å². The molecule has 0 aliphatic rings. The van der Waals surface area contributed by atoms with Crippen LogP contribution in [-0.2, 0) is 5.92 Å². The van der Waals surface area contributed by atoms with Gasteiger partial charge < -0.3 is 0 Å². The summed E-state index contributed by atoms with van der Waals surface area (Å²) < 4.78 is 104. The molecule has 2 rings (SSSR count). The molecule has 0 amide bonds. The molecule has 0 spiro atoms. The molecule has 8 heteroatoms. The van der Waals surface area contributed by atoms with Crippen LogP contribution in [0.5, 0.6) is 0 Å². The number of hydrogen-bond donors (Lipinski definition) is 0. The maximum atomic E-state index is 13.8. The van der Waals surface area contributed by atoms with Crippen LogP contribution in [0.1, 0.15) is 5.56 Å². The van der Waals surface area contributed by atoms with Crippen molar-refractivity contribution in [1.29, 1.82) is 0 Å². The number of benzene rings is 2. The maximum absolute atomic E-state index is 13.8. The number of hydrogen-bond acceptors (Lipinski definition) is 0. The van der Waals surface area contributed by atoms with Crippen molar-refractivity contribution in [2.45, 2.75) is 24.2 Å². The number of alkyl halides is 8. The first-order chi connectivity index (χ1) is 10.0. The largest absolute Gasteiger partial charge is 0.382 e. The fraction of sp³-hybridized carbons (Fsp3) is 0.286. The molecule has 0 saturated heterocycles. The predicted molar refractivity (Wildman–Crippen MR) is 63.7 cm³/mol. The van der Waals surface area contributed by atoms with Gasteiger partial charge in [0.15, 0.2) is 0 Å². The van der Waals surface area contributed by atoms with Gasteiger partial charge in [0.1, 0.15) is 0 Å². The first kappa shape index (κ1) is 16.5. The first-order valence-electron chi connectivity index (χ1n) is 5.92. The normalized spacial score (nSPS) is 13.9. The van der Waals surface area contributed by atoms with Crippen LogP contribution in [0, 0.1) is 0 Å². The van der Waals surface area contributed by atoms with Gasteiger partial charge in [-0.1, -0.05) is 36.4 Å². The van der Waals surface area contributed by atoms with Crippen molar-refractivity contribution in [2.24, 2.45) is 0 Å². The molecular weight excluding hydrogens is 320 g/mol. The van der Waals surface area contributed by atoms with Crippen molar-refractivity contribution in [3.05, 3.63) is 48.0 Å². The third kappa shape index (κ3) is 2.30. The Labute approximate surface area is 119 Å². The SMILES string of the molecule is FC(F)C(F)(F)C(F)(F)C(F)(F)c1ccc2ccccc2c1. The Balaban J connectivity index is 2.56. The zero-order chi connectivity index (χ0) is 16.8. The molecule has 0 radical (unpaired) electrons. The summed E-state index contributed by atoms with van der Waals surface area (Å²) in [6.45, 7) is 0. The van der Waals surface area contributed by atoms with Gasteiger partial charge in [-0.25, -0.2) is 8.78 Å². The molecule has 2 aromatic carbocycles. The fourth-order valence-electron chi connectivity index (χ4n) is 1.91. The molecule has 0 unspecified atom stereocenters. The molecule has 0 nitrogen and oxygen atoms in total. The molecule has 0 atom stereocenters. The lowest BCUT2D eigenvalue weighted by Gasteiger charge is -2.32. The van der Waals surface area contributed by atoms with Gasteiger partial charge in [0.05, 0.1) is 0 Å². The minimum absolute atomic E-state index is 0.0934. The van der Waals surface area contributed by atoms with Crippen LogP contribution in [0.2, 0.25) is 0 Å². The summed E-state index contributed by atoms with van der Waals surface area (Å²) in [4.78, 5) is 0. The highest BCUT2D eigenvalue weighted by molar-refractivity contribution is 5.83. The van der Waals surface area contributed by atoms with E-state index in [1.54, 1.807) is 6.07 Å². The van der Waals surface area contributed by atoms with Crippen molar-refractivity contribution in [3.63, 3.8) is 0 Å². The molecule has 0 bridgehead atoms. The highest BCUT2D eigenvalue weighted by Gasteiger charge is 2.75. The second-order valence-electron chi connectivity index (χ2n) is 4.63. The Morgan fingerprint density at radius 3 is 1.82 bits per heavy atom. The molecule has 0 heterocycles. The van der Waals surface area contributed by atoms with Gasteiger partial charge >= 0.3 is 24.2 Å². The van der Waals surface area contributed by atoms with Gasteiger partial charge in [-0.15, -0.1) is 0 Å². The van der Waals surface area contributed by atoms with E-state index in [1.807, 2.05) is 0 Å². The highest BCUT2D eigenvalue weighted by atomic mass is 19.4. The number of halogens is 8. The van der Waals surface area contributed by atoms with Crippen LogP contribution in [0.3, 0.4) is 0 Å². The van der Waals surface area contributed by atoms with E-state index in [0.717, 1.165) is 6.07 Å². The lowest BCUT2D eigenvalue weighted by Crippen LogP contribution is -2.56. The second-order valence-corrected chi connectivity index (χ2v) is 4.63. The summed E-state index contributed by atoms with van der Waals surface area (Å²) in [6, 6.07) is 7.88. The van der Waals surface area contributed by atoms with Crippen molar-refractivity contribution in [1.82, 2.24) is 0 Å². The molecule has 2 aromatic rings. The highest BCUT2D eigenvalue weighted by Crippen LogP contribution is 2.53. The van der Waals surface area contributed by atoms with E-state index < -0.39 is 29.8 Å². The minimum atomic E-state index is -6.24. The van der Waals surface area contributed by atoms with Gasteiger partial charge in [-0.3, -0.25) is 0 Å². The predicted octanol–water partition coefficient (Wildman–Crippen LogP) is 5.47. The zero-order valence-electron chi connectivity index (χ0n) is 10.6. The Morgan fingerprint density at radius 2 is 1.27 bits per heavy atom. The Morgan fingerprint density at radius 1 is 0.727 bits per heavy atom. The van der Waals surface area contributed by atoms with E-state index >= 15 is 0 Å². The van der Waals surface area contributed by atoms with Crippen LogP contribution < -0.4 is 0 Å². The zero-order valence-corrected chi connectivity index (χ0v) is 10.6. The lowest BCUT2D eigenvalue weighted by atomic mass is 9.95. The van der Waals surface area contributed by atoms with Crippen LogP contribution in [-0.4, -0.2) is 18.3 Å². The molecule has 0 saturated carbocycles. The van der Waals surface area contributed by atoms with E-state index in [1.165, 1.54) is 18.2 Å². The van der Waals surface area contributed by atoms with E-state index in [-0.39, 0.29) is 5.39 Å². The standard InChI is InChI=1S/C14H8F8/c15-11(16)13(19,20)14(21,22)12(17,18)10-6-5-8-3-1-2-4-9(8)7-10/h1-7,11H. The molecular formula is C14H8F8. The third-order valence-electron chi connectivity index (χ3n) is 3.20. The monoisotopic (exact) mass is 328 g/mol. The Kier molecular flexibility index (Phi) is 3.83. The summed E-state index contributed by atoms with van der Waals surface area (Å²) >= 11 is 0. The van der Waals surface area contributed by atoms with Crippen molar-refractivity contribution in [2.75, 3.05) is 0 Å². The van der Waals surface area contributed by atoms with E-state index in [0.29, 0.717) is 17.5 Å². The minimum Gasteiger partial charge on any atom is -0.203 e. The third-order valence-corrected chi connectivity index (χ3v) is 3.20. The summed E-state index contributed by atoms with van der Waals surface area (Å²) in [6.07, 6.45) is -4.92. The van der Waals surface area contributed by atoms with Gasteiger partial charge in [0.2, 0.25) is 0 Å². The molecule has 0 N–H and O–H groups in total. The second kappa shape index (κ2) is 5.10. The first-order valence-corrected chi connectivity index (χ1v) is 5.92. The van der Waals surface area contributed by atoms with Gasteiger partial charge in [-0.2, -0.15) is 26.3 Å². The van der Waals surface area contributed by atoms with Gasteiger partial charge in [-0.05, 0) is 16.8 Å². The molecule has 120 valence electrons. The fourth-order valence-corrected chi connectivity index (χ4v) is 1.91. The lowest BCUT2D eigenvalue weighted by molar-refractivity contribution is -0.343. The van der Waals surface area contributed by atoms with Crippen molar-refractivity contribution in [3.8, 4) is 0 Å². The van der Waals surface area contributed by atoms with Crippen LogP contribution in [0.25, 0.3) is 10.8 Å². The van der Waals surface area contributed by atoms with Crippen LogP contribution in [0.4, 0.5) is 35.1 Å². The topological polar surface area (TPSA) is 0 Å². The average Bonchev–Trinajstić information content (AvgIpc) is 2.46. The van der Waals surface area contributed by atoms with Gasteiger partial charge in [0.25, 0.3) is 0 Å². The molecule has 0 fully saturated rings. The van der Waals surface area contributed by atoms with Crippen molar-refractivity contribution >= 4 is 10.8 Å². The molecule has 22 heavy (non-hydrogen) atoms. The molecule has 0 aliphatic carbocycles. The number of fused-ring (bicyclic) bond motifs is 1. The van der Waals surface area contributed by atoms with E-state index in [9.17, 15) is 35.1 Å². The molecule has 0 aromatic heterocycles. The smallest absolute Gasteiger partial charge is 0.203 e. The summed E-state index contributed by atoms with van der Waals surface area (Å²) in [5.74, 6) is -17.9. The van der Waals surface area contributed by atoms with Crippen LogP contribution >= 0.6 is 0 Å². The maximum Gasteiger partial charge on any atom is 0.382 e. The van der Waals surface area contributed by atoms with Crippen LogP contribution in [0.15, 0.2) is 42.5 Å². The Bertz CT molecular complexity index is 677. The summed E-state index contributed by atoms with van der Waals surface area (Å²) in [5, 5.41) is 0.502. The summed E-state index contributed by atoms with van der Waals surface area (Å²) in [5.41, 5.74) is -1.46. The average molecular weight is 328 g/mol. The van der Waals surface area contributed by atoms with E-state index in [2.05, 4.69) is 0 Å².